The van der Waals surface area contributed by atoms with Crippen molar-refractivity contribution in [1.29, 1.82) is 0 Å². The largest absolute Gasteiger partial charge is 0.497 e. The second-order valence-corrected chi connectivity index (χ2v) is 7.24. The van der Waals surface area contributed by atoms with E-state index in [4.69, 9.17) is 9.47 Å². The summed E-state index contributed by atoms with van der Waals surface area (Å²) in [5.74, 6) is 1.33. The van der Waals surface area contributed by atoms with Crippen LogP contribution in [0.2, 0.25) is 0 Å². The molecule has 0 fully saturated rings. The van der Waals surface area contributed by atoms with E-state index in [1.54, 1.807) is 13.3 Å². The maximum Gasteiger partial charge on any atom is 0.238 e. The zero-order valence-electron chi connectivity index (χ0n) is 16.3. The summed E-state index contributed by atoms with van der Waals surface area (Å²) in [5.41, 5.74) is 5.66. The Labute approximate surface area is 172 Å². The highest BCUT2D eigenvalue weighted by Gasteiger charge is 2.30. The second kappa shape index (κ2) is 6.55. The summed E-state index contributed by atoms with van der Waals surface area (Å²) < 4.78 is 15.5. The summed E-state index contributed by atoms with van der Waals surface area (Å²) >= 11 is 0. The lowest BCUT2D eigenvalue weighted by atomic mass is 10.1. The molecule has 0 spiro atoms. The molecule has 2 aromatic heterocycles. The molecule has 1 atom stereocenters. The highest BCUT2D eigenvalue weighted by atomic mass is 16.5. The standard InChI is InChI=1S/C22H18N6O2/c1-29-16-7-8-17-18(10-16)28-15(11-25-26-28)9-19-21(24-13-27(17)19)22-23-12-20(30-22)14-5-3-2-4-6-14/h2-8,10-11,13,20H,9,12H2,1H3/t20-/m1/s1. The number of aliphatic imine (C=N–C) groups is 1. The van der Waals surface area contributed by atoms with Crippen LogP contribution >= 0.6 is 0 Å². The molecule has 2 aliphatic heterocycles. The average molecular weight is 398 g/mol. The first-order valence-electron chi connectivity index (χ1n) is 9.73. The van der Waals surface area contributed by atoms with Gasteiger partial charge in [0.15, 0.2) is 0 Å². The molecule has 0 amide bonds. The molecule has 0 saturated carbocycles. The molecule has 8 heteroatoms. The predicted octanol–water partition coefficient (Wildman–Crippen LogP) is 2.88. The van der Waals surface area contributed by atoms with Crippen molar-refractivity contribution in [3.63, 3.8) is 0 Å². The number of ether oxygens (including phenoxy) is 2. The van der Waals surface area contributed by atoms with Crippen LogP contribution in [0.15, 0.2) is 66.0 Å². The third-order valence-corrected chi connectivity index (χ3v) is 5.53. The Bertz CT molecular complexity index is 1270. The first kappa shape index (κ1) is 17.0. The fraction of sp³-hybridized carbons (Fsp3) is 0.182. The summed E-state index contributed by atoms with van der Waals surface area (Å²) in [5, 5.41) is 8.41. The van der Waals surface area contributed by atoms with Crippen molar-refractivity contribution in [2.75, 3.05) is 13.7 Å². The van der Waals surface area contributed by atoms with Crippen LogP contribution < -0.4 is 4.74 Å². The topological polar surface area (TPSA) is 79.3 Å². The first-order valence-corrected chi connectivity index (χ1v) is 9.73. The normalized spacial score (nSPS) is 16.7. The Hall–Kier alpha value is -3.94. The minimum atomic E-state index is -0.0897. The lowest BCUT2D eigenvalue weighted by Gasteiger charge is -2.12. The molecule has 2 aromatic carbocycles. The molecule has 6 rings (SSSR count). The van der Waals surface area contributed by atoms with E-state index in [0.29, 0.717) is 18.9 Å². The number of aromatic nitrogens is 5. The zero-order valence-corrected chi connectivity index (χ0v) is 16.3. The summed E-state index contributed by atoms with van der Waals surface area (Å²) in [6, 6.07) is 16.0. The molecular weight excluding hydrogens is 380 g/mol. The van der Waals surface area contributed by atoms with Gasteiger partial charge in [-0.05, 0) is 17.7 Å². The molecular formula is C22H18N6O2. The molecule has 0 radical (unpaired) electrons. The van der Waals surface area contributed by atoms with Crippen molar-refractivity contribution in [3.05, 3.63) is 83.7 Å². The van der Waals surface area contributed by atoms with Crippen LogP contribution in [-0.4, -0.2) is 44.1 Å². The Morgan fingerprint density at radius 1 is 1.10 bits per heavy atom. The second-order valence-electron chi connectivity index (χ2n) is 7.24. The number of hydrogen-bond acceptors (Lipinski definition) is 6. The molecule has 4 aromatic rings. The number of benzene rings is 2. The molecule has 30 heavy (non-hydrogen) atoms. The monoisotopic (exact) mass is 398 g/mol. The fourth-order valence-corrected chi connectivity index (χ4v) is 4.03. The quantitative estimate of drug-likeness (QED) is 0.467. The molecule has 2 aliphatic rings. The molecule has 0 bridgehead atoms. The molecule has 0 saturated heterocycles. The van der Waals surface area contributed by atoms with Gasteiger partial charge in [-0.2, -0.15) is 0 Å². The number of methoxy groups -OCH3 is 1. The lowest BCUT2D eigenvalue weighted by molar-refractivity contribution is 0.229. The van der Waals surface area contributed by atoms with E-state index >= 15 is 0 Å². The van der Waals surface area contributed by atoms with Gasteiger partial charge in [-0.15, -0.1) is 5.10 Å². The molecule has 0 unspecified atom stereocenters. The van der Waals surface area contributed by atoms with Crippen molar-refractivity contribution >= 4 is 5.90 Å². The van der Waals surface area contributed by atoms with Crippen LogP contribution in [0.3, 0.4) is 0 Å². The van der Waals surface area contributed by atoms with Gasteiger partial charge in [-0.3, -0.25) is 4.57 Å². The molecule has 8 nitrogen and oxygen atoms in total. The van der Waals surface area contributed by atoms with E-state index < -0.39 is 0 Å². The van der Waals surface area contributed by atoms with E-state index in [-0.39, 0.29) is 6.10 Å². The minimum Gasteiger partial charge on any atom is -0.497 e. The Morgan fingerprint density at radius 2 is 2.00 bits per heavy atom. The number of imidazole rings is 1. The van der Waals surface area contributed by atoms with Gasteiger partial charge >= 0.3 is 0 Å². The third-order valence-electron chi connectivity index (χ3n) is 5.53. The van der Waals surface area contributed by atoms with Crippen molar-refractivity contribution in [1.82, 2.24) is 24.5 Å². The van der Waals surface area contributed by atoms with Crippen LogP contribution in [0.25, 0.3) is 11.4 Å². The molecule has 4 heterocycles. The van der Waals surface area contributed by atoms with Crippen LogP contribution in [0.1, 0.15) is 28.7 Å². The van der Waals surface area contributed by atoms with E-state index in [0.717, 1.165) is 39.8 Å². The van der Waals surface area contributed by atoms with Gasteiger partial charge in [0.05, 0.1) is 42.6 Å². The predicted molar refractivity (Wildman–Crippen MR) is 110 cm³/mol. The maximum absolute atomic E-state index is 6.21. The molecule has 0 aliphatic carbocycles. The maximum atomic E-state index is 6.21. The van der Waals surface area contributed by atoms with Crippen LogP contribution in [0.5, 0.6) is 5.75 Å². The number of hydrogen-bond donors (Lipinski definition) is 0. The van der Waals surface area contributed by atoms with Gasteiger partial charge in [-0.1, -0.05) is 35.5 Å². The number of nitrogens with zero attached hydrogens (tertiary/aromatic N) is 6. The average Bonchev–Trinajstić information content (AvgIpc) is 3.53. The van der Waals surface area contributed by atoms with E-state index in [1.165, 1.54) is 0 Å². The zero-order chi connectivity index (χ0) is 20.1. The van der Waals surface area contributed by atoms with Crippen molar-refractivity contribution < 1.29 is 9.47 Å². The Kier molecular flexibility index (Phi) is 3.70. The summed E-state index contributed by atoms with van der Waals surface area (Å²) in [6.45, 7) is 0.582. The molecule has 0 N–H and O–H groups in total. The highest BCUT2D eigenvalue weighted by molar-refractivity contribution is 5.95. The smallest absolute Gasteiger partial charge is 0.238 e. The number of fused-ring (bicyclic) bond motifs is 5. The summed E-state index contributed by atoms with van der Waals surface area (Å²) in [4.78, 5) is 9.34. The minimum absolute atomic E-state index is 0.0897. The van der Waals surface area contributed by atoms with Gasteiger partial charge in [0.25, 0.3) is 0 Å². The van der Waals surface area contributed by atoms with Gasteiger partial charge in [0, 0.05) is 12.5 Å². The lowest BCUT2D eigenvalue weighted by Crippen LogP contribution is -2.10. The van der Waals surface area contributed by atoms with Crippen LogP contribution in [-0.2, 0) is 11.2 Å². The van der Waals surface area contributed by atoms with E-state index in [2.05, 4.69) is 37.0 Å². The van der Waals surface area contributed by atoms with Crippen LogP contribution in [0.4, 0.5) is 0 Å². The highest BCUT2D eigenvalue weighted by Crippen LogP contribution is 2.33. The first-order chi connectivity index (χ1) is 14.8. The van der Waals surface area contributed by atoms with Gasteiger partial charge in [0.2, 0.25) is 5.90 Å². The Morgan fingerprint density at radius 3 is 2.87 bits per heavy atom. The van der Waals surface area contributed by atoms with E-state index in [9.17, 15) is 0 Å². The van der Waals surface area contributed by atoms with Crippen molar-refractivity contribution in [2.45, 2.75) is 12.5 Å². The Balaban J connectivity index is 1.43. The van der Waals surface area contributed by atoms with E-state index in [1.807, 2.05) is 47.4 Å². The summed E-state index contributed by atoms with van der Waals surface area (Å²) in [6.07, 6.45) is 4.11. The van der Waals surface area contributed by atoms with Gasteiger partial charge in [0.1, 0.15) is 23.9 Å². The fourth-order valence-electron chi connectivity index (χ4n) is 4.03. The molecule has 148 valence electrons. The number of rotatable bonds is 3. The van der Waals surface area contributed by atoms with Crippen molar-refractivity contribution in [2.24, 2.45) is 4.99 Å². The van der Waals surface area contributed by atoms with Crippen molar-refractivity contribution in [3.8, 4) is 17.1 Å². The summed E-state index contributed by atoms with van der Waals surface area (Å²) in [7, 11) is 1.65. The van der Waals surface area contributed by atoms with Gasteiger partial charge in [-0.25, -0.2) is 14.7 Å². The van der Waals surface area contributed by atoms with Crippen LogP contribution in [0, 0.1) is 0 Å². The SMILES string of the molecule is COc1ccc2c(c1)-n1nncc1Cc1c(C3=NC[C@H](c4ccccc4)O3)ncn1-2. The third kappa shape index (κ3) is 2.53. The van der Waals surface area contributed by atoms with Gasteiger partial charge < -0.3 is 9.47 Å².